The number of anilines is 1. The summed E-state index contributed by atoms with van der Waals surface area (Å²) < 4.78 is 1.06. The van der Waals surface area contributed by atoms with Crippen molar-refractivity contribution in [3.8, 4) is 0 Å². The highest BCUT2D eigenvalue weighted by molar-refractivity contribution is 14.1. The molecule has 0 fully saturated rings. The molecule has 0 radical (unpaired) electrons. The Bertz CT molecular complexity index is 344. The largest absolute Gasteiger partial charge is 0.310 e. The van der Waals surface area contributed by atoms with Gasteiger partial charge < -0.3 is 5.32 Å². The molecule has 1 aromatic heterocycles. The van der Waals surface area contributed by atoms with Crippen LogP contribution in [0, 0.1) is 8.99 Å². The number of pyridine rings is 1. The van der Waals surface area contributed by atoms with E-state index in [1.54, 1.807) is 6.20 Å². The third-order valence-corrected chi connectivity index (χ3v) is 2.32. The van der Waals surface area contributed by atoms with Gasteiger partial charge in [0.1, 0.15) is 5.82 Å². The second kappa shape index (κ2) is 4.25. The Labute approximate surface area is 97.4 Å². The number of carbonyl (C=O) groups is 1. The summed E-state index contributed by atoms with van der Waals surface area (Å²) in [5.74, 6) is 0.587. The lowest BCUT2D eigenvalue weighted by atomic mass is 9.96. The van der Waals surface area contributed by atoms with Crippen molar-refractivity contribution in [3.05, 3.63) is 21.9 Å². The van der Waals surface area contributed by atoms with Gasteiger partial charge in [-0.3, -0.25) is 4.79 Å². The Morgan fingerprint density at radius 1 is 1.50 bits per heavy atom. The van der Waals surface area contributed by atoms with Gasteiger partial charge in [-0.1, -0.05) is 20.8 Å². The molecule has 0 aliphatic carbocycles. The minimum Gasteiger partial charge on any atom is -0.310 e. The van der Waals surface area contributed by atoms with E-state index in [9.17, 15) is 4.79 Å². The van der Waals surface area contributed by atoms with E-state index < -0.39 is 0 Å². The summed E-state index contributed by atoms with van der Waals surface area (Å²) in [6.07, 6.45) is 1.68. The molecule has 0 aliphatic heterocycles. The third kappa shape index (κ3) is 3.25. The number of hydrogen-bond acceptors (Lipinski definition) is 2. The fourth-order valence-corrected chi connectivity index (χ4v) is 1.23. The molecule has 4 heteroatoms. The second-order valence-corrected chi connectivity index (χ2v) is 5.31. The predicted molar refractivity (Wildman–Crippen MR) is 65.0 cm³/mol. The first-order valence-electron chi connectivity index (χ1n) is 4.32. The van der Waals surface area contributed by atoms with E-state index in [2.05, 4.69) is 32.9 Å². The van der Waals surface area contributed by atoms with Crippen LogP contribution in [0.3, 0.4) is 0 Å². The Balaban J connectivity index is 2.75. The summed E-state index contributed by atoms with van der Waals surface area (Å²) in [7, 11) is 0. The van der Waals surface area contributed by atoms with Gasteiger partial charge in [0.15, 0.2) is 0 Å². The maximum atomic E-state index is 11.6. The minimum absolute atomic E-state index is 0.0213. The molecule has 1 aromatic rings. The molecule has 3 nitrogen and oxygen atoms in total. The zero-order chi connectivity index (χ0) is 10.8. The first-order chi connectivity index (χ1) is 6.39. The Hall–Kier alpha value is -0.650. The molecule has 0 saturated carbocycles. The van der Waals surface area contributed by atoms with Crippen LogP contribution in [0.15, 0.2) is 18.3 Å². The van der Waals surface area contributed by atoms with E-state index in [-0.39, 0.29) is 11.3 Å². The summed E-state index contributed by atoms with van der Waals surface area (Å²) in [5.41, 5.74) is -0.386. The molecule has 76 valence electrons. The van der Waals surface area contributed by atoms with Crippen molar-refractivity contribution in [2.75, 3.05) is 5.32 Å². The Morgan fingerprint density at radius 3 is 2.64 bits per heavy atom. The number of amides is 1. The zero-order valence-electron chi connectivity index (χ0n) is 8.47. The molecule has 1 rings (SSSR count). The van der Waals surface area contributed by atoms with Crippen LogP contribution in [-0.2, 0) is 4.79 Å². The van der Waals surface area contributed by atoms with E-state index >= 15 is 0 Å². The van der Waals surface area contributed by atoms with Gasteiger partial charge in [-0.15, -0.1) is 0 Å². The lowest BCUT2D eigenvalue weighted by Crippen LogP contribution is -2.28. The van der Waals surface area contributed by atoms with Crippen molar-refractivity contribution in [1.82, 2.24) is 4.98 Å². The molecule has 14 heavy (non-hydrogen) atoms. The molecule has 1 N–H and O–H groups in total. The highest BCUT2D eigenvalue weighted by Gasteiger charge is 2.21. The first-order valence-corrected chi connectivity index (χ1v) is 5.40. The molecule has 1 amide bonds. The van der Waals surface area contributed by atoms with Crippen molar-refractivity contribution in [2.24, 2.45) is 5.41 Å². The van der Waals surface area contributed by atoms with E-state index in [0.717, 1.165) is 3.57 Å². The number of carbonyl (C=O) groups excluding carboxylic acids is 1. The quantitative estimate of drug-likeness (QED) is 0.811. The normalized spacial score (nSPS) is 11.1. The summed E-state index contributed by atoms with van der Waals surface area (Å²) in [6.45, 7) is 5.61. The molecule has 0 unspecified atom stereocenters. The molecular weight excluding hydrogens is 291 g/mol. The molecule has 0 bridgehead atoms. The van der Waals surface area contributed by atoms with Crippen LogP contribution < -0.4 is 5.32 Å². The topological polar surface area (TPSA) is 42.0 Å². The van der Waals surface area contributed by atoms with E-state index in [1.807, 2.05) is 32.9 Å². The lowest BCUT2D eigenvalue weighted by Gasteiger charge is -2.17. The zero-order valence-corrected chi connectivity index (χ0v) is 10.6. The predicted octanol–water partition coefficient (Wildman–Crippen LogP) is 2.67. The molecule has 0 aliphatic rings. The van der Waals surface area contributed by atoms with Gasteiger partial charge in [-0.2, -0.15) is 0 Å². The van der Waals surface area contributed by atoms with Crippen LogP contribution in [-0.4, -0.2) is 10.9 Å². The van der Waals surface area contributed by atoms with E-state index in [4.69, 9.17) is 0 Å². The maximum Gasteiger partial charge on any atom is 0.230 e. The average Bonchev–Trinajstić information content (AvgIpc) is 2.02. The number of nitrogens with one attached hydrogen (secondary N) is 1. The minimum atomic E-state index is -0.386. The summed E-state index contributed by atoms with van der Waals surface area (Å²) in [5, 5.41) is 2.77. The SMILES string of the molecule is CC(C)(C)C(=O)Nc1cc(I)ccn1. The number of hydrogen-bond donors (Lipinski definition) is 1. The van der Waals surface area contributed by atoms with Gasteiger partial charge in [0.25, 0.3) is 0 Å². The highest BCUT2D eigenvalue weighted by atomic mass is 127. The molecule has 0 saturated heterocycles. The van der Waals surface area contributed by atoms with Gasteiger partial charge in [0, 0.05) is 15.2 Å². The number of nitrogens with zero attached hydrogens (tertiary/aromatic N) is 1. The second-order valence-electron chi connectivity index (χ2n) is 4.06. The van der Waals surface area contributed by atoms with Gasteiger partial charge >= 0.3 is 0 Å². The van der Waals surface area contributed by atoms with Crippen molar-refractivity contribution in [2.45, 2.75) is 20.8 Å². The lowest BCUT2D eigenvalue weighted by molar-refractivity contribution is -0.123. The molecular formula is C10H13IN2O. The van der Waals surface area contributed by atoms with Crippen molar-refractivity contribution in [1.29, 1.82) is 0 Å². The van der Waals surface area contributed by atoms with Gasteiger partial charge in [0.2, 0.25) is 5.91 Å². The van der Waals surface area contributed by atoms with Crippen LogP contribution in [0.5, 0.6) is 0 Å². The van der Waals surface area contributed by atoms with Crippen molar-refractivity contribution >= 4 is 34.3 Å². The Kier molecular flexibility index (Phi) is 3.47. The fourth-order valence-electron chi connectivity index (χ4n) is 0.777. The van der Waals surface area contributed by atoms with Crippen LogP contribution in [0.2, 0.25) is 0 Å². The van der Waals surface area contributed by atoms with Crippen LogP contribution in [0.25, 0.3) is 0 Å². The van der Waals surface area contributed by atoms with Gasteiger partial charge in [-0.05, 0) is 34.7 Å². The standard InChI is InChI=1S/C10H13IN2O/c1-10(2,3)9(14)13-8-6-7(11)4-5-12-8/h4-6H,1-3H3,(H,12,13,14). The monoisotopic (exact) mass is 304 g/mol. The van der Waals surface area contributed by atoms with E-state index in [0.29, 0.717) is 5.82 Å². The average molecular weight is 304 g/mol. The van der Waals surface area contributed by atoms with E-state index in [1.165, 1.54) is 0 Å². The van der Waals surface area contributed by atoms with Crippen molar-refractivity contribution in [3.63, 3.8) is 0 Å². The number of halogens is 1. The number of rotatable bonds is 1. The van der Waals surface area contributed by atoms with Crippen LogP contribution >= 0.6 is 22.6 Å². The summed E-state index contributed by atoms with van der Waals surface area (Å²) in [6, 6.07) is 3.72. The third-order valence-electron chi connectivity index (χ3n) is 1.64. The molecule has 1 heterocycles. The first kappa shape index (κ1) is 11.4. The number of aromatic nitrogens is 1. The summed E-state index contributed by atoms with van der Waals surface area (Å²) >= 11 is 2.18. The Morgan fingerprint density at radius 2 is 2.14 bits per heavy atom. The smallest absolute Gasteiger partial charge is 0.230 e. The molecule has 0 aromatic carbocycles. The summed E-state index contributed by atoms with van der Waals surface area (Å²) in [4.78, 5) is 15.6. The van der Waals surface area contributed by atoms with Crippen LogP contribution in [0.4, 0.5) is 5.82 Å². The van der Waals surface area contributed by atoms with Crippen molar-refractivity contribution < 1.29 is 4.79 Å². The maximum absolute atomic E-state index is 11.6. The fraction of sp³-hybridized carbons (Fsp3) is 0.400. The van der Waals surface area contributed by atoms with Crippen LogP contribution in [0.1, 0.15) is 20.8 Å². The highest BCUT2D eigenvalue weighted by Crippen LogP contribution is 2.16. The van der Waals surface area contributed by atoms with Gasteiger partial charge in [-0.25, -0.2) is 4.98 Å². The molecule has 0 spiro atoms. The van der Waals surface area contributed by atoms with Gasteiger partial charge in [0.05, 0.1) is 0 Å². The molecule has 0 atom stereocenters.